The molecule has 4 aromatic rings. The molecule has 2 heterocycles. The van der Waals surface area contributed by atoms with Crippen molar-refractivity contribution in [1.82, 2.24) is 25.5 Å². The second kappa shape index (κ2) is 12.2. The van der Waals surface area contributed by atoms with Gasteiger partial charge in [-0.25, -0.2) is 9.78 Å². The van der Waals surface area contributed by atoms with Crippen LogP contribution in [0.15, 0.2) is 60.9 Å². The van der Waals surface area contributed by atoms with E-state index in [0.717, 1.165) is 52.0 Å². The number of pyridine rings is 1. The maximum atomic E-state index is 13.1. The van der Waals surface area contributed by atoms with Crippen LogP contribution < -0.4 is 20.7 Å². The van der Waals surface area contributed by atoms with Crippen LogP contribution in [0.1, 0.15) is 37.6 Å². The van der Waals surface area contributed by atoms with Crippen LogP contribution in [0.5, 0.6) is 5.75 Å². The van der Waals surface area contributed by atoms with Gasteiger partial charge in [-0.2, -0.15) is 0 Å². The van der Waals surface area contributed by atoms with E-state index in [-0.39, 0.29) is 17.5 Å². The number of carbonyl (C=O) groups excluding carboxylic acids is 2. The second-order valence-electron chi connectivity index (χ2n) is 10.9. The first-order valence-electron chi connectivity index (χ1n) is 13.3. The summed E-state index contributed by atoms with van der Waals surface area (Å²) in [5.74, 6) is 0.559. The number of aromatic amines is 1. The first-order valence-corrected chi connectivity index (χ1v) is 13.3. The molecule has 0 spiro atoms. The lowest BCUT2D eigenvalue weighted by atomic mass is 9.99. The lowest BCUT2D eigenvalue weighted by Gasteiger charge is -2.20. The van der Waals surface area contributed by atoms with Crippen LogP contribution >= 0.6 is 0 Å². The lowest BCUT2D eigenvalue weighted by Crippen LogP contribution is -2.38. The molecule has 0 aliphatic carbocycles. The summed E-state index contributed by atoms with van der Waals surface area (Å²) in [7, 11) is 5.03. The van der Waals surface area contributed by atoms with Crippen LogP contribution in [0.2, 0.25) is 0 Å². The van der Waals surface area contributed by atoms with E-state index in [1.165, 1.54) is 4.90 Å². The Bertz CT molecular complexity index is 1500. The minimum Gasteiger partial charge on any atom is -0.496 e. The number of benzene rings is 2. The molecule has 0 atom stereocenters. The number of ether oxygens (including phenoxy) is 1. The minimum atomic E-state index is -0.354. The number of fused-ring (bicyclic) bond motifs is 1. The maximum absolute atomic E-state index is 13.1. The van der Waals surface area contributed by atoms with Gasteiger partial charge in [0.15, 0.2) is 0 Å². The Morgan fingerprint density at radius 1 is 1.00 bits per heavy atom. The van der Waals surface area contributed by atoms with Gasteiger partial charge in [-0.1, -0.05) is 24.3 Å². The Kier molecular flexibility index (Phi) is 8.74. The highest BCUT2D eigenvalue weighted by Crippen LogP contribution is 2.36. The molecule has 40 heavy (non-hydrogen) atoms. The highest BCUT2D eigenvalue weighted by molar-refractivity contribution is 6.04. The Labute approximate surface area is 235 Å². The van der Waals surface area contributed by atoms with E-state index in [9.17, 15) is 9.59 Å². The molecular weight excluding hydrogens is 504 g/mol. The molecule has 0 radical (unpaired) electrons. The molecule has 0 saturated carbocycles. The van der Waals surface area contributed by atoms with Crippen LogP contribution in [0.25, 0.3) is 33.3 Å². The number of carbonyl (C=O) groups is 2. The number of urea groups is 1. The number of methoxy groups -OCH3 is 1. The molecule has 0 bridgehead atoms. The average molecular weight is 543 g/mol. The summed E-state index contributed by atoms with van der Waals surface area (Å²) in [6, 6.07) is 15.0. The van der Waals surface area contributed by atoms with E-state index >= 15 is 0 Å². The summed E-state index contributed by atoms with van der Waals surface area (Å²) in [5.41, 5.74) is 5.20. The summed E-state index contributed by atoms with van der Waals surface area (Å²) in [6.07, 6.45) is 4.49. The average Bonchev–Trinajstić information content (AvgIpc) is 3.35. The summed E-state index contributed by atoms with van der Waals surface area (Å²) in [5, 5.41) is 10.0. The molecule has 2 aromatic heterocycles. The Morgan fingerprint density at radius 3 is 2.50 bits per heavy atom. The van der Waals surface area contributed by atoms with Gasteiger partial charge in [0, 0.05) is 60.6 Å². The van der Waals surface area contributed by atoms with Crippen LogP contribution in [0.3, 0.4) is 0 Å². The van der Waals surface area contributed by atoms with Crippen molar-refractivity contribution in [3.8, 4) is 28.0 Å². The van der Waals surface area contributed by atoms with Crippen molar-refractivity contribution in [1.29, 1.82) is 0 Å². The van der Waals surface area contributed by atoms with Crippen molar-refractivity contribution >= 4 is 28.7 Å². The zero-order chi connectivity index (χ0) is 28.9. The van der Waals surface area contributed by atoms with Gasteiger partial charge >= 0.3 is 6.03 Å². The normalized spacial score (nSPS) is 11.3. The molecule has 4 rings (SSSR count). The summed E-state index contributed by atoms with van der Waals surface area (Å²) >= 11 is 0. The fourth-order valence-corrected chi connectivity index (χ4v) is 4.42. The number of amides is 3. The number of para-hydroxylation sites is 1. The topological polar surface area (TPSA) is 111 Å². The van der Waals surface area contributed by atoms with Gasteiger partial charge in [-0.15, -0.1) is 0 Å². The molecule has 2 aromatic carbocycles. The summed E-state index contributed by atoms with van der Waals surface area (Å²) < 4.78 is 5.57. The maximum Gasteiger partial charge on any atom is 0.319 e. The standard InChI is InChI=1S/C31H38N6O3/c1-31(2,3)35-15-9-14-32-30(39)36-26-13-12-20(16-24(26)29(38)37(4)5)21-17-23-25(19-34-28(23)33-18-21)22-10-7-8-11-27(22)40-6/h7-8,10-13,16-19,35H,9,14-15H2,1-6H3,(H,33,34)(H2,32,36,39). The van der Waals surface area contributed by atoms with Crippen molar-refractivity contribution in [2.24, 2.45) is 0 Å². The number of H-pyrrole nitrogens is 1. The predicted octanol–water partition coefficient (Wildman–Crippen LogP) is 5.51. The smallest absolute Gasteiger partial charge is 0.319 e. The first kappa shape index (κ1) is 28.6. The van der Waals surface area contributed by atoms with Gasteiger partial charge in [0.2, 0.25) is 0 Å². The largest absolute Gasteiger partial charge is 0.496 e. The minimum absolute atomic E-state index is 0.0303. The molecule has 4 N–H and O–H groups in total. The summed E-state index contributed by atoms with van der Waals surface area (Å²) in [6.45, 7) is 7.62. The molecule has 0 saturated heterocycles. The van der Waals surface area contributed by atoms with Crippen LogP contribution in [-0.2, 0) is 0 Å². The third-order valence-electron chi connectivity index (χ3n) is 6.46. The monoisotopic (exact) mass is 542 g/mol. The van der Waals surface area contributed by atoms with Gasteiger partial charge in [-0.3, -0.25) is 4.79 Å². The van der Waals surface area contributed by atoms with Crippen molar-refractivity contribution < 1.29 is 14.3 Å². The summed E-state index contributed by atoms with van der Waals surface area (Å²) in [4.78, 5) is 35.1. The number of nitrogens with one attached hydrogen (secondary N) is 4. The van der Waals surface area contributed by atoms with Gasteiger partial charge in [-0.05, 0) is 63.6 Å². The van der Waals surface area contributed by atoms with E-state index < -0.39 is 0 Å². The molecule has 0 aliphatic rings. The van der Waals surface area contributed by atoms with E-state index in [1.54, 1.807) is 39.5 Å². The van der Waals surface area contributed by atoms with Crippen molar-refractivity contribution in [2.75, 3.05) is 39.6 Å². The quantitative estimate of drug-likeness (QED) is 0.209. The molecule has 210 valence electrons. The predicted molar refractivity (Wildman–Crippen MR) is 161 cm³/mol. The molecule has 9 nitrogen and oxygen atoms in total. The number of aromatic nitrogens is 2. The van der Waals surface area contributed by atoms with Crippen LogP contribution in [-0.4, -0.2) is 66.6 Å². The van der Waals surface area contributed by atoms with Gasteiger partial charge in [0.1, 0.15) is 11.4 Å². The lowest BCUT2D eigenvalue weighted by molar-refractivity contribution is 0.0828. The highest BCUT2D eigenvalue weighted by atomic mass is 16.5. The number of hydrogen-bond donors (Lipinski definition) is 4. The fourth-order valence-electron chi connectivity index (χ4n) is 4.42. The first-order chi connectivity index (χ1) is 19.1. The van der Waals surface area contributed by atoms with Crippen molar-refractivity contribution in [3.05, 3.63) is 66.5 Å². The van der Waals surface area contributed by atoms with Gasteiger partial charge in [0.05, 0.1) is 18.4 Å². The molecule has 0 unspecified atom stereocenters. The molecule has 0 aliphatic heterocycles. The molecular formula is C31H38N6O3. The number of nitrogens with zero attached hydrogens (tertiary/aromatic N) is 2. The third kappa shape index (κ3) is 6.79. The van der Waals surface area contributed by atoms with Crippen LogP contribution in [0, 0.1) is 0 Å². The Morgan fingerprint density at radius 2 is 1.77 bits per heavy atom. The second-order valence-corrected chi connectivity index (χ2v) is 10.9. The van der Waals surface area contributed by atoms with E-state index in [0.29, 0.717) is 17.8 Å². The number of hydrogen-bond acceptors (Lipinski definition) is 5. The van der Waals surface area contributed by atoms with E-state index in [2.05, 4.69) is 46.7 Å². The molecule has 3 amide bonds. The van der Waals surface area contributed by atoms with Crippen molar-refractivity contribution in [3.63, 3.8) is 0 Å². The van der Waals surface area contributed by atoms with E-state index in [1.807, 2.05) is 42.6 Å². The Balaban J connectivity index is 1.59. The Hall–Kier alpha value is -4.37. The van der Waals surface area contributed by atoms with Gasteiger partial charge in [0.25, 0.3) is 5.91 Å². The van der Waals surface area contributed by atoms with Crippen molar-refractivity contribution in [2.45, 2.75) is 32.7 Å². The highest BCUT2D eigenvalue weighted by Gasteiger charge is 2.18. The SMILES string of the molecule is COc1ccccc1-c1c[nH]c2ncc(-c3ccc(NC(=O)NCCCNC(C)(C)C)c(C(=O)N(C)C)c3)cc12. The number of rotatable bonds is 9. The van der Waals surface area contributed by atoms with Gasteiger partial charge < -0.3 is 30.6 Å². The molecule has 0 fully saturated rings. The fraction of sp³-hybridized carbons (Fsp3) is 0.323. The third-order valence-corrected chi connectivity index (χ3v) is 6.46. The van der Waals surface area contributed by atoms with Crippen LogP contribution in [0.4, 0.5) is 10.5 Å². The number of anilines is 1. The molecule has 9 heteroatoms. The van der Waals surface area contributed by atoms with E-state index in [4.69, 9.17) is 4.74 Å². The zero-order valence-electron chi connectivity index (χ0n) is 24.0. The zero-order valence-corrected chi connectivity index (χ0v) is 24.0.